The van der Waals surface area contributed by atoms with Gasteiger partial charge in [0.25, 0.3) is 5.56 Å². The quantitative estimate of drug-likeness (QED) is 0.794. The minimum absolute atomic E-state index is 0.0944. The van der Waals surface area contributed by atoms with Crippen LogP contribution >= 0.6 is 0 Å². The van der Waals surface area contributed by atoms with Gasteiger partial charge >= 0.3 is 5.69 Å². The van der Waals surface area contributed by atoms with E-state index in [-0.39, 0.29) is 11.3 Å². The number of aromatic hydroxyl groups is 1. The molecule has 0 atom stereocenters. The van der Waals surface area contributed by atoms with E-state index < -0.39 is 17.1 Å². The fraction of sp³-hybridized carbons (Fsp3) is 0.118. The average molecular weight is 310 g/mol. The van der Waals surface area contributed by atoms with Crippen LogP contribution in [-0.4, -0.2) is 20.0 Å². The van der Waals surface area contributed by atoms with E-state index in [9.17, 15) is 19.5 Å². The molecule has 1 aliphatic rings. The van der Waals surface area contributed by atoms with E-state index in [1.807, 2.05) is 12.1 Å². The van der Waals surface area contributed by atoms with Gasteiger partial charge < -0.3 is 5.11 Å². The summed E-state index contributed by atoms with van der Waals surface area (Å²) in [6.07, 6.45) is 4.45. The summed E-state index contributed by atoms with van der Waals surface area (Å²) in [5.74, 6) is -0.732. The lowest BCUT2D eigenvalue weighted by Gasteiger charge is -2.14. The lowest BCUT2D eigenvalue weighted by Crippen LogP contribution is -2.38. The lowest BCUT2D eigenvalue weighted by atomic mass is 9.90. The summed E-state index contributed by atoms with van der Waals surface area (Å²) in [6, 6.07) is 7.26. The van der Waals surface area contributed by atoms with Crippen molar-refractivity contribution in [2.45, 2.75) is 0 Å². The number of nitrogens with zero attached hydrogens (tertiary/aromatic N) is 2. The Morgan fingerprint density at radius 3 is 2.43 bits per heavy atom. The summed E-state index contributed by atoms with van der Waals surface area (Å²) < 4.78 is 1.85. The largest absolute Gasteiger partial charge is 0.494 e. The maximum atomic E-state index is 12.3. The molecule has 2 aromatic rings. The normalized spacial score (nSPS) is 15.0. The molecule has 0 saturated heterocycles. The van der Waals surface area contributed by atoms with Gasteiger partial charge in [-0.05, 0) is 23.3 Å². The first-order chi connectivity index (χ1) is 10.9. The number of ketones is 1. The fourth-order valence-electron chi connectivity index (χ4n) is 2.55. The Morgan fingerprint density at radius 1 is 1.00 bits per heavy atom. The predicted octanol–water partition coefficient (Wildman–Crippen LogP) is 0.926. The molecule has 0 aliphatic heterocycles. The van der Waals surface area contributed by atoms with Gasteiger partial charge in [0, 0.05) is 19.7 Å². The Balaban J connectivity index is 2.32. The van der Waals surface area contributed by atoms with Crippen LogP contribution in [0.4, 0.5) is 0 Å². The summed E-state index contributed by atoms with van der Waals surface area (Å²) in [7, 11) is 2.68. The molecule has 6 heteroatoms. The highest BCUT2D eigenvalue weighted by molar-refractivity contribution is 6.33. The topological polar surface area (TPSA) is 81.3 Å². The number of carbonyl (C=O) groups excluding carboxylic acids is 1. The minimum Gasteiger partial charge on any atom is -0.494 e. The smallest absolute Gasteiger partial charge is 0.333 e. The van der Waals surface area contributed by atoms with Gasteiger partial charge in [-0.25, -0.2) is 4.79 Å². The molecular weight excluding hydrogens is 296 g/mol. The Bertz CT molecular complexity index is 1010. The first-order valence-electron chi connectivity index (χ1n) is 6.94. The third-order valence-corrected chi connectivity index (χ3v) is 3.89. The number of hydrogen-bond acceptors (Lipinski definition) is 4. The summed E-state index contributed by atoms with van der Waals surface area (Å²) in [4.78, 5) is 36.3. The van der Waals surface area contributed by atoms with Crippen LogP contribution < -0.4 is 11.2 Å². The Morgan fingerprint density at radius 2 is 1.70 bits per heavy atom. The molecule has 0 bridgehead atoms. The van der Waals surface area contributed by atoms with Crippen molar-refractivity contribution < 1.29 is 9.90 Å². The molecule has 0 saturated carbocycles. The highest BCUT2D eigenvalue weighted by atomic mass is 16.3. The molecule has 0 spiro atoms. The van der Waals surface area contributed by atoms with Crippen LogP contribution in [-0.2, 0) is 18.9 Å². The van der Waals surface area contributed by atoms with E-state index in [1.54, 1.807) is 18.2 Å². The SMILES string of the molecule is Cn1c(O)c(/C=C2\C(=O)C=Cc3ccccc32)c(=O)n(C)c1=O. The van der Waals surface area contributed by atoms with Crippen LogP contribution in [0.1, 0.15) is 16.7 Å². The summed E-state index contributed by atoms with van der Waals surface area (Å²) in [5, 5.41) is 10.1. The molecule has 116 valence electrons. The molecule has 3 rings (SSSR count). The van der Waals surface area contributed by atoms with Crippen molar-refractivity contribution in [1.29, 1.82) is 0 Å². The van der Waals surface area contributed by atoms with Gasteiger partial charge in [-0.3, -0.25) is 18.7 Å². The van der Waals surface area contributed by atoms with Gasteiger partial charge in [-0.2, -0.15) is 0 Å². The molecule has 1 aromatic heterocycles. The fourth-order valence-corrected chi connectivity index (χ4v) is 2.55. The van der Waals surface area contributed by atoms with Gasteiger partial charge in [0.2, 0.25) is 5.88 Å². The first-order valence-corrected chi connectivity index (χ1v) is 6.94. The second-order valence-electron chi connectivity index (χ2n) is 5.29. The van der Waals surface area contributed by atoms with Gasteiger partial charge in [-0.1, -0.05) is 30.3 Å². The highest BCUT2D eigenvalue weighted by Gasteiger charge is 2.20. The van der Waals surface area contributed by atoms with E-state index in [1.165, 1.54) is 26.2 Å². The number of rotatable bonds is 1. The maximum absolute atomic E-state index is 12.3. The van der Waals surface area contributed by atoms with Crippen molar-refractivity contribution in [2.75, 3.05) is 0 Å². The first kappa shape index (κ1) is 14.8. The molecule has 6 nitrogen and oxygen atoms in total. The van der Waals surface area contributed by atoms with Crippen LogP contribution in [0.25, 0.3) is 17.7 Å². The third-order valence-electron chi connectivity index (χ3n) is 3.89. The number of hydrogen-bond donors (Lipinski definition) is 1. The predicted molar refractivity (Wildman–Crippen MR) is 86.9 cm³/mol. The second-order valence-corrected chi connectivity index (χ2v) is 5.29. The van der Waals surface area contributed by atoms with E-state index >= 15 is 0 Å². The molecule has 1 aliphatic carbocycles. The zero-order chi connectivity index (χ0) is 16.7. The number of allylic oxidation sites excluding steroid dienone is 2. The zero-order valence-electron chi connectivity index (χ0n) is 12.6. The third kappa shape index (κ3) is 2.24. The molecule has 0 amide bonds. The van der Waals surface area contributed by atoms with E-state index in [0.29, 0.717) is 11.1 Å². The van der Waals surface area contributed by atoms with Crippen molar-refractivity contribution >= 4 is 23.5 Å². The van der Waals surface area contributed by atoms with Gasteiger partial charge in [0.1, 0.15) is 5.56 Å². The molecule has 1 N–H and O–H groups in total. The van der Waals surface area contributed by atoms with Crippen LogP contribution in [0.2, 0.25) is 0 Å². The van der Waals surface area contributed by atoms with Crippen molar-refractivity contribution in [3.8, 4) is 5.88 Å². The van der Waals surface area contributed by atoms with Crippen LogP contribution in [0, 0.1) is 0 Å². The van der Waals surface area contributed by atoms with Crippen LogP contribution in [0.3, 0.4) is 0 Å². The molecule has 0 unspecified atom stereocenters. The molecule has 23 heavy (non-hydrogen) atoms. The molecule has 1 heterocycles. The number of carbonyl (C=O) groups is 1. The minimum atomic E-state index is -0.655. The number of benzene rings is 1. The molecule has 0 radical (unpaired) electrons. The number of aromatic nitrogens is 2. The molecular formula is C17H14N2O4. The van der Waals surface area contributed by atoms with Gasteiger partial charge in [-0.15, -0.1) is 0 Å². The van der Waals surface area contributed by atoms with Crippen molar-refractivity contribution in [3.63, 3.8) is 0 Å². The van der Waals surface area contributed by atoms with E-state index in [4.69, 9.17) is 0 Å². The van der Waals surface area contributed by atoms with E-state index in [0.717, 1.165) is 14.7 Å². The van der Waals surface area contributed by atoms with Crippen molar-refractivity contribution in [3.05, 3.63) is 67.9 Å². The van der Waals surface area contributed by atoms with Gasteiger partial charge in [0.15, 0.2) is 5.78 Å². The van der Waals surface area contributed by atoms with Crippen LogP contribution in [0.15, 0.2) is 39.9 Å². The zero-order valence-corrected chi connectivity index (χ0v) is 12.6. The highest BCUT2D eigenvalue weighted by Crippen LogP contribution is 2.28. The summed E-state index contributed by atoms with van der Waals surface area (Å²) in [6.45, 7) is 0. The summed E-state index contributed by atoms with van der Waals surface area (Å²) >= 11 is 0. The maximum Gasteiger partial charge on any atom is 0.333 e. The Labute approximate surface area is 131 Å². The van der Waals surface area contributed by atoms with Gasteiger partial charge in [0.05, 0.1) is 0 Å². The monoisotopic (exact) mass is 310 g/mol. The molecule has 1 aromatic carbocycles. The average Bonchev–Trinajstić information content (AvgIpc) is 2.56. The number of fused-ring (bicyclic) bond motifs is 1. The standard InChI is InChI=1S/C17H14N2O4/c1-18-15(21)13(16(22)19(2)17(18)23)9-12-11-6-4-3-5-10(11)7-8-14(12)20/h3-9,21H,1-2H3/b12-9-. The van der Waals surface area contributed by atoms with E-state index in [2.05, 4.69) is 0 Å². The van der Waals surface area contributed by atoms with Crippen molar-refractivity contribution in [2.24, 2.45) is 14.1 Å². The lowest BCUT2D eigenvalue weighted by molar-refractivity contribution is -0.109. The second kappa shape index (κ2) is 5.24. The van der Waals surface area contributed by atoms with Crippen molar-refractivity contribution in [1.82, 2.24) is 9.13 Å². The Hall–Kier alpha value is -3.15. The van der Waals surface area contributed by atoms with Crippen LogP contribution in [0.5, 0.6) is 5.88 Å². The molecule has 0 fully saturated rings. The Kier molecular flexibility index (Phi) is 3.37. The summed E-state index contributed by atoms with van der Waals surface area (Å²) in [5.41, 5.74) is 0.440.